The first-order chi connectivity index (χ1) is 7.12. The summed E-state index contributed by atoms with van der Waals surface area (Å²) in [5.74, 6) is 0.787. The molecule has 0 heterocycles. The van der Waals surface area contributed by atoms with Gasteiger partial charge in [0.25, 0.3) is 0 Å². The largest absolute Gasteiger partial charge is 0.318 e. The van der Waals surface area contributed by atoms with Gasteiger partial charge in [0.2, 0.25) is 0 Å². The topological polar surface area (TPSA) is 38.6 Å². The molecule has 1 unspecified atom stereocenters. The number of hydrogen-bond donors (Lipinski definition) is 1. The first-order valence-corrected chi connectivity index (χ1v) is 5.99. The van der Waals surface area contributed by atoms with Gasteiger partial charge in [-0.15, -0.1) is 0 Å². The van der Waals surface area contributed by atoms with Crippen molar-refractivity contribution < 1.29 is 14.5 Å². The van der Waals surface area contributed by atoms with E-state index in [1.807, 2.05) is 13.8 Å². The molecule has 0 rings (SSSR count). The zero-order valence-corrected chi connectivity index (χ0v) is 11.5. The van der Waals surface area contributed by atoms with Crippen LogP contribution in [0.3, 0.4) is 0 Å². The Bertz CT molecular complexity index is 251. The smallest absolute Gasteiger partial charge is 0.187 e. The van der Waals surface area contributed by atoms with Crippen molar-refractivity contribution in [2.24, 2.45) is 5.92 Å². The summed E-state index contributed by atoms with van der Waals surface area (Å²) in [6.07, 6.45) is 0.609. The van der Waals surface area contributed by atoms with E-state index in [1.165, 1.54) is 0 Å². The van der Waals surface area contributed by atoms with Gasteiger partial charge in [-0.05, 0) is 26.7 Å². The highest BCUT2D eigenvalue weighted by Gasteiger charge is 2.28. The summed E-state index contributed by atoms with van der Waals surface area (Å²) >= 11 is 0. The first-order valence-electron chi connectivity index (χ1n) is 5.99. The van der Waals surface area contributed by atoms with Crippen LogP contribution < -0.4 is 4.90 Å². The van der Waals surface area contributed by atoms with Crippen LogP contribution in [-0.4, -0.2) is 30.2 Å². The second kappa shape index (κ2) is 6.14. The minimum Gasteiger partial charge on any atom is -0.318 e. The molecule has 3 nitrogen and oxygen atoms in total. The third kappa shape index (κ3) is 6.72. The van der Waals surface area contributed by atoms with E-state index in [0.29, 0.717) is 25.4 Å². The van der Waals surface area contributed by atoms with Gasteiger partial charge in [-0.3, -0.25) is 9.59 Å². The van der Waals surface area contributed by atoms with E-state index in [4.69, 9.17) is 0 Å². The van der Waals surface area contributed by atoms with Crippen LogP contribution in [0.15, 0.2) is 0 Å². The molecule has 1 atom stereocenters. The Labute approximate surface area is 99.2 Å². The van der Waals surface area contributed by atoms with Gasteiger partial charge in [0.1, 0.15) is 13.1 Å². The molecule has 0 saturated carbocycles. The van der Waals surface area contributed by atoms with Crippen molar-refractivity contribution in [3.05, 3.63) is 0 Å². The summed E-state index contributed by atoms with van der Waals surface area (Å²) in [6.45, 7) is 12.8. The summed E-state index contributed by atoms with van der Waals surface area (Å²) in [5, 5.41) is 0. The normalized spacial score (nSPS) is 13.9. The highest BCUT2D eigenvalue weighted by atomic mass is 16.1. The van der Waals surface area contributed by atoms with E-state index in [2.05, 4.69) is 20.8 Å². The number of nitrogens with one attached hydrogen (secondary N) is 1. The Morgan fingerprint density at radius 3 is 1.94 bits per heavy atom. The number of rotatable bonds is 6. The van der Waals surface area contributed by atoms with E-state index in [-0.39, 0.29) is 17.1 Å². The molecular formula is C13H26NO2+. The molecule has 0 radical (unpaired) electrons. The zero-order valence-electron chi connectivity index (χ0n) is 11.5. The molecule has 0 aliphatic carbocycles. The molecule has 0 aromatic heterocycles. The minimum absolute atomic E-state index is 0.0572. The Hall–Kier alpha value is -0.700. The molecule has 0 amide bonds. The van der Waals surface area contributed by atoms with Gasteiger partial charge in [0, 0.05) is 13.3 Å². The lowest BCUT2D eigenvalue weighted by atomic mass is 10.0. The number of hydrogen-bond acceptors (Lipinski definition) is 2. The maximum absolute atomic E-state index is 11.8. The van der Waals surface area contributed by atoms with Crippen molar-refractivity contribution in [2.45, 2.75) is 53.5 Å². The molecule has 0 aliphatic rings. The van der Waals surface area contributed by atoms with Gasteiger partial charge in [-0.2, -0.15) is 0 Å². The van der Waals surface area contributed by atoms with Crippen LogP contribution in [0.4, 0.5) is 0 Å². The maximum atomic E-state index is 11.8. The maximum Gasteiger partial charge on any atom is 0.187 e. The standard InChI is InChI=1S/C13H25NO2/c1-10(2)7-12(16)9-14(8-11(3)15)13(4,5)6/h10H,7-9H2,1-6H3/p+1. The van der Waals surface area contributed by atoms with Crippen LogP contribution in [-0.2, 0) is 9.59 Å². The summed E-state index contributed by atoms with van der Waals surface area (Å²) in [6, 6.07) is 0. The molecule has 0 spiro atoms. The van der Waals surface area contributed by atoms with Crippen molar-refractivity contribution in [3.63, 3.8) is 0 Å². The predicted molar refractivity (Wildman–Crippen MR) is 65.6 cm³/mol. The second-order valence-corrected chi connectivity index (χ2v) is 6.05. The van der Waals surface area contributed by atoms with Crippen LogP contribution in [0.2, 0.25) is 0 Å². The van der Waals surface area contributed by atoms with Crippen molar-refractivity contribution in [1.29, 1.82) is 0 Å². The fourth-order valence-electron chi connectivity index (χ4n) is 1.66. The number of carbonyl (C=O) groups is 2. The number of ketones is 2. The lowest BCUT2D eigenvalue weighted by molar-refractivity contribution is -0.931. The average Bonchev–Trinajstić information content (AvgIpc) is 1.98. The monoisotopic (exact) mass is 228 g/mol. The molecule has 0 aliphatic heterocycles. The van der Waals surface area contributed by atoms with E-state index < -0.39 is 0 Å². The Kier molecular flexibility index (Phi) is 5.87. The fourth-order valence-corrected chi connectivity index (χ4v) is 1.66. The van der Waals surface area contributed by atoms with Gasteiger partial charge in [0.15, 0.2) is 11.6 Å². The van der Waals surface area contributed by atoms with Gasteiger partial charge in [-0.1, -0.05) is 13.8 Å². The van der Waals surface area contributed by atoms with E-state index >= 15 is 0 Å². The molecule has 3 heteroatoms. The van der Waals surface area contributed by atoms with Crippen LogP contribution in [0, 0.1) is 5.92 Å². The predicted octanol–water partition coefficient (Wildman–Crippen LogP) is 0.874. The summed E-state index contributed by atoms with van der Waals surface area (Å²) < 4.78 is 0. The van der Waals surface area contributed by atoms with Crippen molar-refractivity contribution in [2.75, 3.05) is 13.1 Å². The van der Waals surface area contributed by atoms with Crippen molar-refractivity contribution in [1.82, 2.24) is 0 Å². The molecule has 94 valence electrons. The number of quaternary nitrogens is 1. The van der Waals surface area contributed by atoms with Crippen molar-refractivity contribution >= 4 is 11.6 Å². The van der Waals surface area contributed by atoms with Gasteiger partial charge < -0.3 is 4.90 Å². The van der Waals surface area contributed by atoms with E-state index in [0.717, 1.165) is 4.90 Å². The van der Waals surface area contributed by atoms with Crippen LogP contribution in [0.5, 0.6) is 0 Å². The average molecular weight is 228 g/mol. The molecule has 0 saturated heterocycles. The van der Waals surface area contributed by atoms with Crippen molar-refractivity contribution in [3.8, 4) is 0 Å². The molecule has 1 N–H and O–H groups in total. The highest BCUT2D eigenvalue weighted by Crippen LogP contribution is 1.99. The Balaban J connectivity index is 4.44. The second-order valence-electron chi connectivity index (χ2n) is 6.05. The van der Waals surface area contributed by atoms with Gasteiger partial charge in [-0.25, -0.2) is 0 Å². The number of carbonyl (C=O) groups excluding carboxylic acids is 2. The third-order valence-electron chi connectivity index (χ3n) is 2.57. The molecule has 0 bridgehead atoms. The van der Waals surface area contributed by atoms with E-state index in [1.54, 1.807) is 6.92 Å². The molecule has 0 fully saturated rings. The van der Waals surface area contributed by atoms with Crippen LogP contribution >= 0.6 is 0 Å². The summed E-state index contributed by atoms with van der Waals surface area (Å²) in [7, 11) is 0. The minimum atomic E-state index is -0.0572. The molecule has 0 aromatic rings. The number of Topliss-reactive ketones (excluding diaryl/α,β-unsaturated/α-hetero) is 2. The molecule has 0 aromatic carbocycles. The van der Waals surface area contributed by atoms with Crippen LogP contribution in [0.25, 0.3) is 0 Å². The third-order valence-corrected chi connectivity index (χ3v) is 2.57. The fraction of sp³-hybridized carbons (Fsp3) is 0.846. The molecular weight excluding hydrogens is 202 g/mol. The quantitative estimate of drug-likeness (QED) is 0.733. The Morgan fingerprint density at radius 1 is 1.12 bits per heavy atom. The lowest BCUT2D eigenvalue weighted by Crippen LogP contribution is -3.20. The first kappa shape index (κ1) is 15.3. The summed E-state index contributed by atoms with van der Waals surface area (Å²) in [5.41, 5.74) is -0.0572. The van der Waals surface area contributed by atoms with E-state index in [9.17, 15) is 9.59 Å². The Morgan fingerprint density at radius 2 is 1.62 bits per heavy atom. The SMILES string of the molecule is CC(=O)C[NH+](CC(=O)CC(C)C)C(C)(C)C. The summed E-state index contributed by atoms with van der Waals surface area (Å²) in [4.78, 5) is 24.0. The van der Waals surface area contributed by atoms with Gasteiger partial charge in [0.05, 0.1) is 5.54 Å². The highest BCUT2D eigenvalue weighted by molar-refractivity contribution is 5.80. The molecule has 16 heavy (non-hydrogen) atoms. The zero-order chi connectivity index (χ0) is 12.9. The lowest BCUT2D eigenvalue weighted by Gasteiger charge is -2.31. The van der Waals surface area contributed by atoms with Crippen LogP contribution in [0.1, 0.15) is 48.0 Å². The van der Waals surface area contributed by atoms with Gasteiger partial charge >= 0.3 is 0 Å².